The van der Waals surface area contributed by atoms with Gasteiger partial charge in [0, 0.05) is 5.02 Å². The van der Waals surface area contributed by atoms with Gasteiger partial charge in [-0.05, 0) is 33.8 Å². The molecule has 0 aliphatic rings. The number of hydrogen-bond donors (Lipinski definition) is 0. The molecule has 1 aromatic carbocycles. The van der Waals surface area contributed by atoms with Crippen molar-refractivity contribution in [3.8, 4) is 0 Å². The van der Waals surface area contributed by atoms with Crippen LogP contribution >= 0.6 is 44.9 Å². The Bertz CT molecular complexity index is 277. The molecular formula is C6H2Cl3FS. The average Bonchev–Trinajstić information content (AvgIpc) is 1.96. The molecule has 1 aromatic rings. The van der Waals surface area contributed by atoms with Crippen LogP contribution in [0.25, 0.3) is 0 Å². The lowest BCUT2D eigenvalue weighted by Gasteiger charge is -1.99. The van der Waals surface area contributed by atoms with Crippen LogP contribution in [0.3, 0.4) is 0 Å². The zero-order valence-corrected chi connectivity index (χ0v) is 8.16. The third-order valence-corrected chi connectivity index (χ3v) is 2.50. The second kappa shape index (κ2) is 3.85. The molecule has 0 amide bonds. The molecule has 0 spiro atoms. The Morgan fingerprint density at radius 1 is 1.27 bits per heavy atom. The third-order valence-electron chi connectivity index (χ3n) is 1.04. The zero-order valence-electron chi connectivity index (χ0n) is 5.07. The second-order valence-corrected chi connectivity index (χ2v) is 3.68. The van der Waals surface area contributed by atoms with Crippen LogP contribution in [0.1, 0.15) is 0 Å². The van der Waals surface area contributed by atoms with Gasteiger partial charge in [-0.1, -0.05) is 23.2 Å². The third kappa shape index (κ3) is 2.15. The van der Waals surface area contributed by atoms with Gasteiger partial charge in [0.15, 0.2) is 5.82 Å². The van der Waals surface area contributed by atoms with E-state index < -0.39 is 5.82 Å². The minimum Gasteiger partial charge on any atom is -0.204 e. The molecule has 0 saturated carbocycles. The van der Waals surface area contributed by atoms with Gasteiger partial charge in [-0.2, -0.15) is 0 Å². The molecule has 0 bridgehead atoms. The molecule has 0 radical (unpaired) electrons. The maximum Gasteiger partial charge on any atom is 0.156 e. The van der Waals surface area contributed by atoms with Crippen molar-refractivity contribution < 1.29 is 4.39 Å². The highest BCUT2D eigenvalue weighted by Crippen LogP contribution is 2.32. The smallest absolute Gasteiger partial charge is 0.156 e. The lowest BCUT2D eigenvalue weighted by molar-refractivity contribution is 0.603. The molecule has 0 saturated heterocycles. The van der Waals surface area contributed by atoms with Gasteiger partial charge in [0.25, 0.3) is 0 Å². The van der Waals surface area contributed by atoms with Crippen LogP contribution in [-0.4, -0.2) is 0 Å². The number of rotatable bonds is 1. The van der Waals surface area contributed by atoms with E-state index >= 15 is 0 Å². The predicted molar refractivity (Wildman–Crippen MR) is 48.1 cm³/mol. The molecule has 5 heteroatoms. The molecule has 0 aliphatic carbocycles. The van der Waals surface area contributed by atoms with Crippen LogP contribution in [-0.2, 0) is 0 Å². The summed E-state index contributed by atoms with van der Waals surface area (Å²) in [7, 11) is 6.09. The first kappa shape index (κ1) is 9.46. The highest BCUT2D eigenvalue weighted by Gasteiger charge is 2.07. The highest BCUT2D eigenvalue weighted by molar-refractivity contribution is 8.21. The molecule has 0 atom stereocenters. The Morgan fingerprint density at radius 3 is 2.45 bits per heavy atom. The molecular weight excluding hydrogens is 229 g/mol. The van der Waals surface area contributed by atoms with Gasteiger partial charge >= 0.3 is 0 Å². The minimum absolute atomic E-state index is 0.0133. The van der Waals surface area contributed by atoms with E-state index in [9.17, 15) is 4.39 Å². The average molecular weight is 232 g/mol. The van der Waals surface area contributed by atoms with Gasteiger partial charge in [-0.15, -0.1) is 0 Å². The van der Waals surface area contributed by atoms with E-state index in [4.69, 9.17) is 33.9 Å². The van der Waals surface area contributed by atoms with Gasteiger partial charge in [0.05, 0.1) is 9.92 Å². The zero-order chi connectivity index (χ0) is 8.43. The van der Waals surface area contributed by atoms with Crippen LogP contribution in [0.15, 0.2) is 17.0 Å². The topological polar surface area (TPSA) is 0 Å². The van der Waals surface area contributed by atoms with Crippen LogP contribution in [0.4, 0.5) is 4.39 Å². The van der Waals surface area contributed by atoms with Crippen LogP contribution in [0.2, 0.25) is 10.0 Å². The fourth-order valence-electron chi connectivity index (χ4n) is 0.589. The summed E-state index contributed by atoms with van der Waals surface area (Å²) in [5, 5.41) is 0.361. The van der Waals surface area contributed by atoms with Gasteiger partial charge in [-0.25, -0.2) is 4.39 Å². The number of halogens is 4. The first-order valence-corrected chi connectivity index (χ1v) is 4.98. The number of benzene rings is 1. The summed E-state index contributed by atoms with van der Waals surface area (Å²) >= 11 is 11.0. The van der Waals surface area contributed by atoms with E-state index in [0.717, 1.165) is 11.0 Å². The Kier molecular flexibility index (Phi) is 3.31. The number of hydrogen-bond acceptors (Lipinski definition) is 1. The van der Waals surface area contributed by atoms with Gasteiger partial charge in [-0.3, -0.25) is 0 Å². The Morgan fingerprint density at radius 2 is 1.91 bits per heavy atom. The largest absolute Gasteiger partial charge is 0.204 e. The lowest BCUT2D eigenvalue weighted by Crippen LogP contribution is -1.80. The molecule has 0 heterocycles. The monoisotopic (exact) mass is 230 g/mol. The summed E-state index contributed by atoms with van der Waals surface area (Å²) in [5.41, 5.74) is 0. The molecule has 0 unspecified atom stereocenters. The van der Waals surface area contributed by atoms with Crippen molar-refractivity contribution >= 4 is 44.9 Å². The fraction of sp³-hybridized carbons (Fsp3) is 0. The van der Waals surface area contributed by atoms with Gasteiger partial charge in [0.1, 0.15) is 0 Å². The molecule has 0 aromatic heterocycles. The van der Waals surface area contributed by atoms with Crippen LogP contribution in [0, 0.1) is 5.82 Å². The fourth-order valence-corrected chi connectivity index (χ4v) is 1.89. The van der Waals surface area contributed by atoms with E-state index in [0.29, 0.717) is 5.02 Å². The van der Waals surface area contributed by atoms with Crippen molar-refractivity contribution in [3.05, 3.63) is 28.0 Å². The summed E-state index contributed by atoms with van der Waals surface area (Å²) < 4.78 is 12.9. The van der Waals surface area contributed by atoms with Crippen molar-refractivity contribution in [2.45, 2.75) is 4.90 Å². The molecule has 0 N–H and O–H groups in total. The molecule has 11 heavy (non-hydrogen) atoms. The summed E-state index contributed by atoms with van der Waals surface area (Å²) in [6.07, 6.45) is 0. The van der Waals surface area contributed by atoms with E-state index in [1.807, 2.05) is 0 Å². The summed E-state index contributed by atoms with van der Waals surface area (Å²) in [4.78, 5) is 0.240. The van der Waals surface area contributed by atoms with Crippen molar-refractivity contribution in [1.29, 1.82) is 0 Å². The summed E-state index contributed by atoms with van der Waals surface area (Å²) in [6, 6.07) is 2.75. The molecule has 1 rings (SSSR count). The van der Waals surface area contributed by atoms with Crippen molar-refractivity contribution in [1.82, 2.24) is 0 Å². The normalized spacial score (nSPS) is 10.2. The predicted octanol–water partition coefficient (Wildman–Crippen LogP) is 4.38. The summed E-state index contributed by atoms with van der Waals surface area (Å²) in [6.45, 7) is 0. The van der Waals surface area contributed by atoms with Gasteiger partial charge in [0.2, 0.25) is 0 Å². The van der Waals surface area contributed by atoms with E-state index in [1.54, 1.807) is 0 Å². The van der Waals surface area contributed by atoms with E-state index in [2.05, 4.69) is 0 Å². The first-order chi connectivity index (χ1) is 5.15. The maximum absolute atomic E-state index is 12.9. The Balaban J connectivity index is 3.24. The van der Waals surface area contributed by atoms with Crippen molar-refractivity contribution in [2.75, 3.05) is 0 Å². The molecule has 0 nitrogen and oxygen atoms in total. The Hall–Kier alpha value is 0.370. The Labute approximate surface area is 82.1 Å². The first-order valence-electron chi connectivity index (χ1n) is 2.58. The van der Waals surface area contributed by atoms with E-state index in [-0.39, 0.29) is 9.92 Å². The molecule has 0 fully saturated rings. The van der Waals surface area contributed by atoms with Gasteiger partial charge < -0.3 is 0 Å². The SMILES string of the molecule is Fc1c(Cl)cc(Cl)cc1SCl. The van der Waals surface area contributed by atoms with Crippen molar-refractivity contribution in [2.24, 2.45) is 0 Å². The minimum atomic E-state index is -0.531. The summed E-state index contributed by atoms with van der Waals surface area (Å²) in [5.74, 6) is -0.531. The van der Waals surface area contributed by atoms with Crippen LogP contribution < -0.4 is 0 Å². The van der Waals surface area contributed by atoms with E-state index in [1.165, 1.54) is 12.1 Å². The quantitative estimate of drug-likeness (QED) is 0.647. The van der Waals surface area contributed by atoms with Crippen molar-refractivity contribution in [3.63, 3.8) is 0 Å². The maximum atomic E-state index is 12.9. The van der Waals surface area contributed by atoms with Crippen LogP contribution in [0.5, 0.6) is 0 Å². The highest BCUT2D eigenvalue weighted by atomic mass is 35.7. The second-order valence-electron chi connectivity index (χ2n) is 1.78. The molecule has 0 aliphatic heterocycles. The lowest BCUT2D eigenvalue weighted by atomic mass is 10.3. The standard InChI is InChI=1S/C6H2Cl3FS/c7-3-1-4(8)6(10)5(2-3)11-9/h1-2H. The molecule has 60 valence electrons.